The number of hydrogen-bond donors (Lipinski definition) is 2. The second-order valence-corrected chi connectivity index (χ2v) is 5.59. The van der Waals surface area contributed by atoms with Gasteiger partial charge in [-0.3, -0.25) is 10.1 Å². The topological polar surface area (TPSA) is 41.1 Å². The van der Waals surface area contributed by atoms with Crippen LogP contribution in [-0.4, -0.2) is 30.7 Å². The smallest absolute Gasteiger partial charge is 0.262 e. The summed E-state index contributed by atoms with van der Waals surface area (Å²) in [5.74, 6) is -3.28. The van der Waals surface area contributed by atoms with E-state index < -0.39 is 30.8 Å². The molecule has 1 fully saturated rings. The molecule has 1 aromatic carbocycles. The highest BCUT2D eigenvalue weighted by Crippen LogP contribution is 2.29. The molecule has 1 atom stereocenters. The van der Waals surface area contributed by atoms with Crippen molar-refractivity contribution < 1.29 is 13.6 Å². The van der Waals surface area contributed by atoms with Gasteiger partial charge in [0, 0.05) is 17.0 Å². The van der Waals surface area contributed by atoms with Gasteiger partial charge in [-0.1, -0.05) is 11.6 Å². The minimum Gasteiger partial charge on any atom is -0.325 e. The molecule has 1 amide bonds. The predicted octanol–water partition coefficient (Wildman–Crippen LogP) is 3.42. The lowest BCUT2D eigenvalue weighted by Gasteiger charge is -2.12. The van der Waals surface area contributed by atoms with Crippen LogP contribution in [0.1, 0.15) is 6.42 Å². The SMILES string of the molecule is CSc1ccc(NC(=O)C2CC(F)(F)CN2)cc1Cl.Cl. The molecule has 112 valence electrons. The van der Waals surface area contributed by atoms with Crippen molar-refractivity contribution in [2.45, 2.75) is 23.3 Å². The summed E-state index contributed by atoms with van der Waals surface area (Å²) >= 11 is 7.50. The molecule has 8 heteroatoms. The number of carbonyl (C=O) groups excluding carboxylic acids is 1. The number of alkyl halides is 2. The average Bonchev–Trinajstić information content (AvgIpc) is 2.70. The van der Waals surface area contributed by atoms with Crippen molar-refractivity contribution in [3.05, 3.63) is 23.2 Å². The summed E-state index contributed by atoms with van der Waals surface area (Å²) in [5, 5.41) is 5.61. The van der Waals surface area contributed by atoms with Crippen molar-refractivity contribution in [1.82, 2.24) is 5.32 Å². The number of carbonyl (C=O) groups is 1. The number of anilines is 1. The summed E-state index contributed by atoms with van der Waals surface area (Å²) in [6, 6.07) is 4.22. The molecular weight excluding hydrogens is 329 g/mol. The highest BCUT2D eigenvalue weighted by Gasteiger charge is 2.42. The van der Waals surface area contributed by atoms with Gasteiger partial charge in [0.15, 0.2) is 0 Å². The number of benzene rings is 1. The van der Waals surface area contributed by atoms with Crippen LogP contribution >= 0.6 is 35.8 Å². The van der Waals surface area contributed by atoms with E-state index in [0.717, 1.165) is 4.90 Å². The number of halogens is 4. The summed E-state index contributed by atoms with van der Waals surface area (Å²) in [4.78, 5) is 12.7. The van der Waals surface area contributed by atoms with E-state index in [1.165, 1.54) is 11.8 Å². The quantitative estimate of drug-likeness (QED) is 0.827. The first-order valence-corrected chi connectivity index (χ1v) is 7.27. The first-order valence-electron chi connectivity index (χ1n) is 5.67. The molecule has 1 heterocycles. The van der Waals surface area contributed by atoms with Gasteiger partial charge in [0.05, 0.1) is 17.6 Å². The monoisotopic (exact) mass is 342 g/mol. The van der Waals surface area contributed by atoms with Crippen molar-refractivity contribution in [2.75, 3.05) is 18.1 Å². The van der Waals surface area contributed by atoms with Crippen LogP contribution in [0.4, 0.5) is 14.5 Å². The van der Waals surface area contributed by atoms with E-state index in [4.69, 9.17) is 11.6 Å². The van der Waals surface area contributed by atoms with Crippen LogP contribution in [0.3, 0.4) is 0 Å². The molecular formula is C12H14Cl2F2N2OS. The second-order valence-electron chi connectivity index (χ2n) is 4.33. The van der Waals surface area contributed by atoms with Gasteiger partial charge in [-0.2, -0.15) is 0 Å². The Balaban J connectivity index is 0.00000200. The molecule has 2 N–H and O–H groups in total. The van der Waals surface area contributed by atoms with Gasteiger partial charge < -0.3 is 5.32 Å². The van der Waals surface area contributed by atoms with Crippen LogP contribution in [0, 0.1) is 0 Å². The first-order chi connectivity index (χ1) is 8.91. The van der Waals surface area contributed by atoms with Crippen LogP contribution in [-0.2, 0) is 4.79 Å². The average molecular weight is 343 g/mol. The zero-order valence-corrected chi connectivity index (χ0v) is 13.0. The number of rotatable bonds is 3. The molecule has 0 spiro atoms. The van der Waals surface area contributed by atoms with Crippen LogP contribution in [0.2, 0.25) is 5.02 Å². The van der Waals surface area contributed by atoms with Gasteiger partial charge in [0.1, 0.15) is 0 Å². The summed E-state index contributed by atoms with van der Waals surface area (Å²) in [7, 11) is 0. The fraction of sp³-hybridized carbons (Fsp3) is 0.417. The standard InChI is InChI=1S/C12H13ClF2N2OS.ClH/c1-19-10-3-2-7(4-8(10)13)17-11(18)9-5-12(14,15)6-16-9;/h2-4,9,16H,5-6H2,1H3,(H,17,18);1H. The van der Waals surface area contributed by atoms with Crippen molar-refractivity contribution >= 4 is 47.4 Å². The third kappa shape index (κ3) is 4.22. The zero-order valence-electron chi connectivity index (χ0n) is 10.6. The summed E-state index contributed by atoms with van der Waals surface area (Å²) in [6.07, 6.45) is 1.42. The van der Waals surface area contributed by atoms with Gasteiger partial charge >= 0.3 is 0 Å². The summed E-state index contributed by atoms with van der Waals surface area (Å²) < 4.78 is 26.0. The summed E-state index contributed by atoms with van der Waals surface area (Å²) in [5.41, 5.74) is 0.504. The Kier molecular flexibility index (Phi) is 6.06. The van der Waals surface area contributed by atoms with Crippen LogP contribution in [0.15, 0.2) is 23.1 Å². The largest absolute Gasteiger partial charge is 0.325 e. The molecule has 20 heavy (non-hydrogen) atoms. The molecule has 0 radical (unpaired) electrons. The van der Waals surface area contributed by atoms with Gasteiger partial charge in [0.2, 0.25) is 5.91 Å². The lowest BCUT2D eigenvalue weighted by molar-refractivity contribution is -0.118. The summed E-state index contributed by atoms with van der Waals surface area (Å²) in [6.45, 7) is -0.461. The number of thioether (sulfide) groups is 1. The maximum absolute atomic E-state index is 13.0. The second kappa shape index (κ2) is 6.93. The van der Waals surface area contributed by atoms with Gasteiger partial charge in [-0.15, -0.1) is 24.2 Å². The highest BCUT2D eigenvalue weighted by atomic mass is 35.5. The van der Waals surface area contributed by atoms with Gasteiger partial charge in [-0.25, -0.2) is 8.78 Å². The molecule has 0 saturated carbocycles. The Hall–Kier alpha value is -0.560. The van der Waals surface area contributed by atoms with E-state index >= 15 is 0 Å². The van der Waals surface area contributed by atoms with Crippen LogP contribution in [0.25, 0.3) is 0 Å². The minimum atomic E-state index is -2.82. The molecule has 1 aliphatic heterocycles. The molecule has 3 nitrogen and oxygen atoms in total. The fourth-order valence-electron chi connectivity index (χ4n) is 1.87. The van der Waals surface area contributed by atoms with E-state index in [-0.39, 0.29) is 12.4 Å². The number of amides is 1. The Morgan fingerprint density at radius 1 is 1.55 bits per heavy atom. The van der Waals surface area contributed by atoms with E-state index in [9.17, 15) is 13.6 Å². The maximum Gasteiger partial charge on any atom is 0.262 e. The third-order valence-corrected chi connectivity index (χ3v) is 4.07. The van der Waals surface area contributed by atoms with Gasteiger partial charge in [-0.05, 0) is 24.5 Å². The van der Waals surface area contributed by atoms with E-state index in [1.807, 2.05) is 6.26 Å². The lowest BCUT2D eigenvalue weighted by Crippen LogP contribution is -2.35. The first kappa shape index (κ1) is 17.5. The molecule has 1 unspecified atom stereocenters. The van der Waals surface area contributed by atoms with Crippen molar-refractivity contribution in [3.63, 3.8) is 0 Å². The molecule has 0 bridgehead atoms. The van der Waals surface area contributed by atoms with E-state index in [1.54, 1.807) is 18.2 Å². The Bertz CT molecular complexity index is 502. The van der Waals surface area contributed by atoms with Crippen LogP contribution < -0.4 is 10.6 Å². The molecule has 0 aromatic heterocycles. The zero-order chi connectivity index (χ0) is 14.0. The van der Waals surface area contributed by atoms with Gasteiger partial charge in [0.25, 0.3) is 5.92 Å². The highest BCUT2D eigenvalue weighted by molar-refractivity contribution is 7.98. The van der Waals surface area contributed by atoms with E-state index in [0.29, 0.717) is 10.7 Å². The van der Waals surface area contributed by atoms with Crippen molar-refractivity contribution in [1.29, 1.82) is 0 Å². The normalized spacial score (nSPS) is 20.3. The maximum atomic E-state index is 13.0. The number of nitrogens with one attached hydrogen (secondary N) is 2. The predicted molar refractivity (Wildman–Crippen MR) is 80.5 cm³/mol. The number of hydrogen-bond acceptors (Lipinski definition) is 3. The Morgan fingerprint density at radius 3 is 2.75 bits per heavy atom. The van der Waals surface area contributed by atoms with Crippen LogP contribution in [0.5, 0.6) is 0 Å². The molecule has 0 aliphatic carbocycles. The fourth-order valence-corrected chi connectivity index (χ4v) is 2.74. The minimum absolute atomic E-state index is 0. The molecule has 1 saturated heterocycles. The Morgan fingerprint density at radius 2 is 2.25 bits per heavy atom. The molecule has 2 rings (SSSR count). The molecule has 1 aromatic rings. The third-order valence-electron chi connectivity index (χ3n) is 2.85. The van der Waals surface area contributed by atoms with Crippen molar-refractivity contribution in [2.24, 2.45) is 0 Å². The molecule has 1 aliphatic rings. The lowest BCUT2D eigenvalue weighted by atomic mass is 10.2. The van der Waals surface area contributed by atoms with Crippen molar-refractivity contribution in [3.8, 4) is 0 Å². The Labute approximate surface area is 131 Å². The van der Waals surface area contributed by atoms with E-state index in [2.05, 4.69) is 10.6 Å².